The molecule has 46 heavy (non-hydrogen) atoms. The first-order valence-corrected chi connectivity index (χ1v) is 17.7. The van der Waals surface area contributed by atoms with E-state index in [0.717, 1.165) is 90.2 Å². The van der Waals surface area contributed by atoms with E-state index in [9.17, 15) is 5.26 Å². The van der Waals surface area contributed by atoms with Gasteiger partial charge < -0.3 is 24.8 Å². The molecular weight excluding hydrogens is 599 g/mol. The number of hydrogen-bond donors (Lipinski definition) is 1. The number of rotatable bonds is 9. The second-order valence-electron chi connectivity index (χ2n) is 13.5. The Morgan fingerprint density at radius 1 is 1.20 bits per heavy atom. The molecule has 7 heterocycles. The monoisotopic (exact) mass is 643 g/mol. The Labute approximate surface area is 274 Å². The summed E-state index contributed by atoms with van der Waals surface area (Å²) in [5.41, 5.74) is 10.9. The number of thiophene rings is 1. The quantitative estimate of drug-likeness (QED) is 0.231. The lowest BCUT2D eigenvalue weighted by Crippen LogP contribution is -2.43. The summed E-state index contributed by atoms with van der Waals surface area (Å²) in [4.78, 5) is 16.7. The number of likely N-dealkylation sites (tertiary alicyclic amines) is 1. The van der Waals surface area contributed by atoms with Gasteiger partial charge in [0.25, 0.3) is 0 Å². The number of hydrogen-bond acceptors (Lipinski definition) is 11. The molecule has 0 aromatic carbocycles. The molecule has 0 bridgehead atoms. The fraction of sp³-hybridized carbons (Fsp3) is 0.618. The minimum Gasteiger partial charge on any atom is -0.389 e. The summed E-state index contributed by atoms with van der Waals surface area (Å²) >= 11 is 1.46. The number of likely N-dealkylation sites (N-methyl/N-ethyl adjacent to an activating group) is 1. The molecule has 4 aromatic heterocycles. The maximum absolute atomic E-state index is 10.1. The van der Waals surface area contributed by atoms with Gasteiger partial charge in [0.1, 0.15) is 16.9 Å². The van der Waals surface area contributed by atoms with Crippen molar-refractivity contribution in [2.45, 2.75) is 96.7 Å². The van der Waals surface area contributed by atoms with Crippen molar-refractivity contribution in [3.63, 3.8) is 0 Å². The first kappa shape index (κ1) is 31.1. The highest BCUT2D eigenvalue weighted by atomic mass is 32.1. The fourth-order valence-corrected chi connectivity index (χ4v) is 9.13. The van der Waals surface area contributed by atoms with Gasteiger partial charge >= 0.3 is 0 Å². The summed E-state index contributed by atoms with van der Waals surface area (Å²) in [5.74, 6) is 2.64. The van der Waals surface area contributed by atoms with E-state index in [0.29, 0.717) is 58.9 Å². The summed E-state index contributed by atoms with van der Waals surface area (Å²) in [6.07, 6.45) is 8.95. The van der Waals surface area contributed by atoms with E-state index < -0.39 is 0 Å². The Bertz CT molecular complexity index is 1780. The van der Waals surface area contributed by atoms with Gasteiger partial charge in [0.15, 0.2) is 22.9 Å². The number of nitrogens with zero attached hydrogens (tertiary/aromatic N) is 8. The summed E-state index contributed by atoms with van der Waals surface area (Å²) in [7, 11) is 3.90. The number of nitriles is 1. The van der Waals surface area contributed by atoms with Crippen LogP contribution in [0.2, 0.25) is 0 Å². The summed E-state index contributed by atoms with van der Waals surface area (Å²) in [5, 5.41) is 21.7. The molecule has 0 aliphatic carbocycles. The zero-order valence-electron chi connectivity index (χ0n) is 27.7. The van der Waals surface area contributed by atoms with Gasteiger partial charge in [0, 0.05) is 42.6 Å². The fourth-order valence-electron chi connectivity index (χ4n) is 8.01. The van der Waals surface area contributed by atoms with Gasteiger partial charge in [0.2, 0.25) is 0 Å². The molecule has 3 aliphatic heterocycles. The van der Waals surface area contributed by atoms with Crippen LogP contribution < -0.4 is 10.6 Å². The predicted octanol–water partition coefficient (Wildman–Crippen LogP) is 6.01. The van der Waals surface area contributed by atoms with Crippen LogP contribution in [-0.4, -0.2) is 75.7 Å². The maximum atomic E-state index is 10.1. The highest BCUT2D eigenvalue weighted by molar-refractivity contribution is 7.16. The molecule has 0 spiro atoms. The molecule has 2 N–H and O–H groups in total. The van der Waals surface area contributed by atoms with E-state index >= 15 is 0 Å². The standard InChI is InChI=1S/C34H45N9O2S/c1-6-8-26-27(23(17-35)31(36)46-26)30-22(14-16-44-5)29(40-45-30)32-37-33-28-24(13-12-21-11-10-19(2)18-42(21)33)39-43(34(28)38-32)20(3)25-9-7-15-41(25)4/h19-21,25H,6-16,18,36H2,1-5H3/t19?,20-,21+,25?/m0/s1. The lowest BCUT2D eigenvalue weighted by molar-refractivity contribution is 0.202. The number of nitrogens with two attached hydrogens (primary N) is 1. The first-order chi connectivity index (χ1) is 22.3. The van der Waals surface area contributed by atoms with Crippen LogP contribution in [0.25, 0.3) is 33.9 Å². The Morgan fingerprint density at radius 2 is 2.04 bits per heavy atom. The molecule has 4 atom stereocenters. The molecule has 4 aromatic rings. The summed E-state index contributed by atoms with van der Waals surface area (Å²) in [6.45, 7) is 9.25. The third-order valence-corrected chi connectivity index (χ3v) is 11.5. The molecule has 2 fully saturated rings. The van der Waals surface area contributed by atoms with Crippen LogP contribution in [0.1, 0.15) is 87.0 Å². The number of aromatic nitrogens is 5. The zero-order chi connectivity index (χ0) is 32.1. The third-order valence-electron chi connectivity index (χ3n) is 10.4. The summed E-state index contributed by atoms with van der Waals surface area (Å²) < 4.78 is 13.9. The highest BCUT2D eigenvalue weighted by Crippen LogP contribution is 2.44. The molecule has 0 saturated carbocycles. The molecule has 244 valence electrons. The number of anilines is 2. The van der Waals surface area contributed by atoms with Crippen LogP contribution >= 0.6 is 11.3 Å². The molecule has 7 rings (SSSR count). The van der Waals surface area contributed by atoms with Gasteiger partial charge in [0.05, 0.1) is 34.9 Å². The van der Waals surface area contributed by atoms with E-state index in [2.05, 4.69) is 53.5 Å². The van der Waals surface area contributed by atoms with Crippen LogP contribution in [-0.2, 0) is 24.0 Å². The first-order valence-electron chi connectivity index (χ1n) is 16.9. The van der Waals surface area contributed by atoms with Gasteiger partial charge in [-0.05, 0) is 71.4 Å². The topological polar surface area (TPSA) is 135 Å². The molecule has 2 unspecified atom stereocenters. The third kappa shape index (κ3) is 5.17. The van der Waals surface area contributed by atoms with Crippen molar-refractivity contribution >= 4 is 33.2 Å². The smallest absolute Gasteiger partial charge is 0.186 e. The average molecular weight is 644 g/mol. The zero-order valence-corrected chi connectivity index (χ0v) is 28.5. The van der Waals surface area contributed by atoms with Gasteiger partial charge in [-0.1, -0.05) is 25.4 Å². The number of methoxy groups -OCH3 is 1. The minimum atomic E-state index is 0.152. The molecule has 0 amide bonds. The van der Waals surface area contributed by atoms with Crippen molar-refractivity contribution in [2.24, 2.45) is 5.92 Å². The second-order valence-corrected chi connectivity index (χ2v) is 14.6. The Balaban J connectivity index is 1.45. The number of nitrogen functional groups attached to an aromatic ring is 1. The largest absolute Gasteiger partial charge is 0.389 e. The molecule has 12 heteroatoms. The van der Waals surface area contributed by atoms with Crippen molar-refractivity contribution in [1.29, 1.82) is 5.26 Å². The van der Waals surface area contributed by atoms with Gasteiger partial charge in [-0.3, -0.25) is 0 Å². The minimum absolute atomic E-state index is 0.152. The van der Waals surface area contributed by atoms with Crippen LogP contribution in [0.3, 0.4) is 0 Å². The second kappa shape index (κ2) is 12.6. The van der Waals surface area contributed by atoms with E-state index in [1.54, 1.807) is 7.11 Å². The van der Waals surface area contributed by atoms with Crippen LogP contribution in [0.5, 0.6) is 0 Å². The number of fused-ring (bicyclic) bond motifs is 2. The molecule has 2 saturated heterocycles. The van der Waals surface area contributed by atoms with Gasteiger partial charge in [-0.25, -0.2) is 14.6 Å². The van der Waals surface area contributed by atoms with Gasteiger partial charge in [-0.2, -0.15) is 10.4 Å². The van der Waals surface area contributed by atoms with Crippen molar-refractivity contribution in [1.82, 2.24) is 29.8 Å². The molecule has 0 radical (unpaired) electrons. The normalized spacial score (nSPS) is 22.3. The predicted molar refractivity (Wildman–Crippen MR) is 181 cm³/mol. The van der Waals surface area contributed by atoms with Gasteiger partial charge in [-0.15, -0.1) is 11.3 Å². The lowest BCUT2D eigenvalue weighted by atomic mass is 9.92. The highest BCUT2D eigenvalue weighted by Gasteiger charge is 2.37. The Kier molecular flexibility index (Phi) is 8.50. The number of aryl methyl sites for hydroxylation is 2. The van der Waals surface area contributed by atoms with E-state index in [4.69, 9.17) is 30.1 Å². The molecular formula is C34H45N9O2S. The average Bonchev–Trinajstić information content (AvgIpc) is 3.80. The Morgan fingerprint density at radius 3 is 2.78 bits per heavy atom. The van der Waals surface area contributed by atoms with Crippen molar-refractivity contribution < 1.29 is 9.26 Å². The molecule has 3 aliphatic rings. The van der Waals surface area contributed by atoms with Crippen LogP contribution in [0, 0.1) is 17.2 Å². The lowest BCUT2D eigenvalue weighted by Gasteiger charge is -2.39. The van der Waals surface area contributed by atoms with Crippen molar-refractivity contribution in [3.05, 3.63) is 21.7 Å². The van der Waals surface area contributed by atoms with E-state index in [1.165, 1.54) is 24.2 Å². The Hall–Kier alpha value is -3.53. The van der Waals surface area contributed by atoms with E-state index in [1.807, 2.05) is 0 Å². The van der Waals surface area contributed by atoms with Crippen LogP contribution in [0.15, 0.2) is 4.52 Å². The van der Waals surface area contributed by atoms with Crippen molar-refractivity contribution in [2.75, 3.05) is 44.5 Å². The number of ether oxygens (including phenoxy) is 1. The van der Waals surface area contributed by atoms with Crippen LogP contribution in [0.4, 0.5) is 10.8 Å². The number of piperidine rings is 1. The SMILES string of the molecule is CCCc1sc(N)c(C#N)c1-c1onc(-c2nc3c4c(nn([C@@H](C)C5CCCN5C)c4n2)CC[C@H]2CCC(C)CN32)c1CCOC. The van der Waals surface area contributed by atoms with Crippen molar-refractivity contribution in [3.8, 4) is 28.9 Å². The molecule has 11 nitrogen and oxygen atoms in total. The van der Waals surface area contributed by atoms with E-state index in [-0.39, 0.29) is 6.04 Å². The maximum Gasteiger partial charge on any atom is 0.186 e. The summed E-state index contributed by atoms with van der Waals surface area (Å²) in [6, 6.07) is 3.30.